The van der Waals surface area contributed by atoms with E-state index in [2.05, 4.69) is 0 Å². The number of carbonyl (C=O) groups excluding carboxylic acids is 1. The molecule has 0 aromatic heterocycles. The molecule has 1 radical (unpaired) electrons. The number of nitrogens with zero attached hydrogens (tertiary/aromatic N) is 1. The van der Waals surface area contributed by atoms with Crippen molar-refractivity contribution >= 4 is 5.91 Å². The largest absolute Gasteiger partial charge is 0.272 e. The summed E-state index contributed by atoms with van der Waals surface area (Å²) in [6, 6.07) is 9.85. The number of piperidine rings is 1. The number of rotatable bonds is 3. The first kappa shape index (κ1) is 10.2. The van der Waals surface area contributed by atoms with Crippen molar-refractivity contribution in [1.82, 2.24) is 5.06 Å². The maximum atomic E-state index is 11.4. The van der Waals surface area contributed by atoms with Gasteiger partial charge in [0, 0.05) is 6.54 Å². The van der Waals surface area contributed by atoms with Crippen molar-refractivity contribution in [2.45, 2.75) is 19.4 Å². The predicted octanol–water partition coefficient (Wildman–Crippen LogP) is 1.94. The highest BCUT2D eigenvalue weighted by atomic mass is 16.7. The van der Waals surface area contributed by atoms with Crippen LogP contribution in [-0.4, -0.2) is 17.5 Å². The van der Waals surface area contributed by atoms with Gasteiger partial charge in [0.1, 0.15) is 6.61 Å². The number of hydroxylamine groups is 2. The van der Waals surface area contributed by atoms with Crippen LogP contribution in [-0.2, 0) is 16.2 Å². The Balaban J connectivity index is 1.85. The first-order chi connectivity index (χ1) is 7.36. The third-order valence-corrected chi connectivity index (χ3v) is 2.36. The van der Waals surface area contributed by atoms with Crippen LogP contribution in [0.2, 0.25) is 0 Å². The molecule has 1 amide bonds. The van der Waals surface area contributed by atoms with E-state index < -0.39 is 0 Å². The molecule has 0 unspecified atom stereocenters. The molecule has 0 atom stereocenters. The van der Waals surface area contributed by atoms with Crippen molar-refractivity contribution in [3.63, 3.8) is 0 Å². The molecule has 3 nitrogen and oxygen atoms in total. The smallest absolute Gasteiger partial charge is 0.250 e. The lowest BCUT2D eigenvalue weighted by Gasteiger charge is -2.25. The van der Waals surface area contributed by atoms with Crippen molar-refractivity contribution in [2.24, 2.45) is 0 Å². The number of hydrogen-bond acceptors (Lipinski definition) is 2. The Morgan fingerprint density at radius 1 is 1.27 bits per heavy atom. The van der Waals surface area contributed by atoms with Crippen molar-refractivity contribution < 1.29 is 9.63 Å². The van der Waals surface area contributed by atoms with Crippen LogP contribution in [0.4, 0.5) is 0 Å². The van der Waals surface area contributed by atoms with Crippen LogP contribution in [0.1, 0.15) is 18.4 Å². The minimum absolute atomic E-state index is 0.0165. The number of hydrogen-bond donors (Lipinski definition) is 0. The van der Waals surface area contributed by atoms with E-state index in [1.54, 1.807) is 6.42 Å². The average molecular weight is 204 g/mol. The Kier molecular flexibility index (Phi) is 3.35. The molecule has 79 valence electrons. The summed E-state index contributed by atoms with van der Waals surface area (Å²) >= 11 is 0. The highest BCUT2D eigenvalue weighted by Crippen LogP contribution is 2.11. The van der Waals surface area contributed by atoms with E-state index in [0.29, 0.717) is 13.2 Å². The highest BCUT2D eigenvalue weighted by molar-refractivity contribution is 5.84. The van der Waals surface area contributed by atoms with Crippen molar-refractivity contribution in [3.8, 4) is 0 Å². The van der Waals surface area contributed by atoms with Gasteiger partial charge in [-0.25, -0.2) is 5.06 Å². The number of carbonyl (C=O) groups is 1. The zero-order chi connectivity index (χ0) is 10.5. The van der Waals surface area contributed by atoms with Gasteiger partial charge in [0.25, 0.3) is 0 Å². The van der Waals surface area contributed by atoms with E-state index in [1.165, 1.54) is 5.06 Å². The third kappa shape index (κ3) is 2.80. The van der Waals surface area contributed by atoms with Crippen LogP contribution < -0.4 is 0 Å². The fraction of sp³-hybridized carbons (Fsp3) is 0.333. The van der Waals surface area contributed by atoms with Crippen molar-refractivity contribution in [1.29, 1.82) is 0 Å². The summed E-state index contributed by atoms with van der Waals surface area (Å²) in [5.41, 5.74) is 1.08. The summed E-state index contributed by atoms with van der Waals surface area (Å²) in [5.74, 6) is -0.0165. The topological polar surface area (TPSA) is 29.5 Å². The Bertz CT molecular complexity index is 324. The molecule has 3 heteroatoms. The molecule has 0 bridgehead atoms. The van der Waals surface area contributed by atoms with Crippen LogP contribution in [0.15, 0.2) is 30.3 Å². The molecule has 0 saturated carbocycles. The maximum Gasteiger partial charge on any atom is 0.250 e. The molecular formula is C12H14NO2. The lowest BCUT2D eigenvalue weighted by molar-refractivity contribution is -0.191. The van der Waals surface area contributed by atoms with Gasteiger partial charge in [0.2, 0.25) is 5.91 Å². The van der Waals surface area contributed by atoms with Gasteiger partial charge >= 0.3 is 0 Å². The first-order valence-electron chi connectivity index (χ1n) is 5.18. The van der Waals surface area contributed by atoms with Gasteiger partial charge in [0.15, 0.2) is 0 Å². The van der Waals surface area contributed by atoms with Crippen LogP contribution in [0.25, 0.3) is 0 Å². The second kappa shape index (κ2) is 4.94. The maximum absolute atomic E-state index is 11.4. The zero-order valence-corrected chi connectivity index (χ0v) is 8.56. The minimum atomic E-state index is -0.0165. The molecule has 1 aromatic rings. The lowest BCUT2D eigenvalue weighted by Crippen LogP contribution is -2.35. The Hall–Kier alpha value is -1.35. The Morgan fingerprint density at radius 3 is 2.80 bits per heavy atom. The minimum Gasteiger partial charge on any atom is -0.272 e. The molecule has 0 aliphatic carbocycles. The molecule has 1 aliphatic rings. The summed E-state index contributed by atoms with van der Waals surface area (Å²) in [6.07, 6.45) is 3.53. The molecule has 1 heterocycles. The summed E-state index contributed by atoms with van der Waals surface area (Å²) in [7, 11) is 0. The van der Waals surface area contributed by atoms with E-state index >= 15 is 0 Å². The Morgan fingerprint density at radius 2 is 2.07 bits per heavy atom. The van der Waals surface area contributed by atoms with Crippen molar-refractivity contribution in [3.05, 3.63) is 42.3 Å². The molecule has 2 rings (SSSR count). The van der Waals surface area contributed by atoms with E-state index in [1.807, 2.05) is 30.3 Å². The quantitative estimate of drug-likeness (QED) is 0.753. The SMILES string of the molecule is O=C1[CH]CCCN1OCc1ccccc1. The molecule has 1 fully saturated rings. The first-order valence-corrected chi connectivity index (χ1v) is 5.18. The van der Waals surface area contributed by atoms with Crippen LogP contribution in [0.5, 0.6) is 0 Å². The molecular weight excluding hydrogens is 190 g/mol. The highest BCUT2D eigenvalue weighted by Gasteiger charge is 2.18. The summed E-state index contributed by atoms with van der Waals surface area (Å²) in [4.78, 5) is 16.8. The average Bonchev–Trinajstić information content (AvgIpc) is 2.29. The third-order valence-electron chi connectivity index (χ3n) is 2.36. The summed E-state index contributed by atoms with van der Waals surface area (Å²) in [6.45, 7) is 1.16. The molecule has 1 saturated heterocycles. The molecule has 1 aliphatic heterocycles. The normalized spacial score (nSPS) is 16.8. The van der Waals surface area contributed by atoms with Gasteiger partial charge in [0.05, 0.1) is 6.42 Å². The fourth-order valence-corrected chi connectivity index (χ4v) is 1.53. The molecule has 15 heavy (non-hydrogen) atoms. The van der Waals surface area contributed by atoms with E-state index in [0.717, 1.165) is 18.4 Å². The summed E-state index contributed by atoms with van der Waals surface area (Å²) < 4.78 is 0. The van der Waals surface area contributed by atoms with Crippen LogP contribution in [0, 0.1) is 6.42 Å². The second-order valence-corrected chi connectivity index (χ2v) is 3.55. The standard InChI is InChI=1S/C12H14NO2/c14-12-8-4-5-9-13(12)15-10-11-6-2-1-3-7-11/h1-3,6-8H,4-5,9-10H2. The lowest BCUT2D eigenvalue weighted by atomic mass is 10.1. The van der Waals surface area contributed by atoms with Gasteiger partial charge in [-0.05, 0) is 18.4 Å². The second-order valence-electron chi connectivity index (χ2n) is 3.55. The zero-order valence-electron chi connectivity index (χ0n) is 8.56. The fourth-order valence-electron chi connectivity index (χ4n) is 1.53. The molecule has 0 N–H and O–H groups in total. The van der Waals surface area contributed by atoms with Gasteiger partial charge in [-0.2, -0.15) is 0 Å². The van der Waals surface area contributed by atoms with Gasteiger partial charge in [-0.1, -0.05) is 30.3 Å². The monoisotopic (exact) mass is 204 g/mol. The Labute approximate surface area is 89.6 Å². The van der Waals surface area contributed by atoms with E-state index in [-0.39, 0.29) is 5.91 Å². The number of amides is 1. The van der Waals surface area contributed by atoms with Gasteiger partial charge < -0.3 is 0 Å². The van der Waals surface area contributed by atoms with E-state index in [9.17, 15) is 4.79 Å². The van der Waals surface area contributed by atoms with Gasteiger partial charge in [-0.3, -0.25) is 9.63 Å². The van der Waals surface area contributed by atoms with Crippen molar-refractivity contribution in [2.75, 3.05) is 6.54 Å². The predicted molar refractivity (Wildman–Crippen MR) is 56.5 cm³/mol. The number of benzene rings is 1. The molecule has 1 aromatic carbocycles. The summed E-state index contributed by atoms with van der Waals surface area (Å²) in [5, 5.41) is 1.44. The van der Waals surface area contributed by atoms with Crippen LogP contribution >= 0.6 is 0 Å². The van der Waals surface area contributed by atoms with E-state index in [4.69, 9.17) is 4.84 Å². The molecule has 0 spiro atoms. The van der Waals surface area contributed by atoms with Gasteiger partial charge in [-0.15, -0.1) is 0 Å². The van der Waals surface area contributed by atoms with Crippen LogP contribution in [0.3, 0.4) is 0 Å².